The van der Waals surface area contributed by atoms with Crippen molar-refractivity contribution in [3.63, 3.8) is 0 Å². The molecule has 0 saturated carbocycles. The highest BCUT2D eigenvalue weighted by molar-refractivity contribution is 5.85. The van der Waals surface area contributed by atoms with Gasteiger partial charge in [-0.3, -0.25) is 4.79 Å². The monoisotopic (exact) mass is 258 g/mol. The summed E-state index contributed by atoms with van der Waals surface area (Å²) < 4.78 is 13.3. The maximum atomic E-state index is 13.3. The van der Waals surface area contributed by atoms with E-state index in [1.807, 2.05) is 0 Å². The number of halogens is 2. The molecule has 1 aromatic rings. The Morgan fingerprint density at radius 2 is 2.24 bits per heavy atom. The second-order valence-electron chi connectivity index (χ2n) is 4.00. The van der Waals surface area contributed by atoms with Gasteiger partial charge in [-0.05, 0) is 19.0 Å². The Bertz CT molecular complexity index is 381. The van der Waals surface area contributed by atoms with Gasteiger partial charge >= 0.3 is 0 Å². The molecule has 0 bridgehead atoms. The molecule has 1 fully saturated rings. The molecule has 5 heteroatoms. The third kappa shape index (κ3) is 3.68. The summed E-state index contributed by atoms with van der Waals surface area (Å²) >= 11 is 0. The minimum absolute atomic E-state index is 0. The lowest BCUT2D eigenvalue weighted by Gasteiger charge is -2.10. The SMILES string of the molecule is Cl.O=C(NCc1ccccc1F)C1CCNC1. The summed E-state index contributed by atoms with van der Waals surface area (Å²) in [5, 5.41) is 5.89. The Labute approximate surface area is 106 Å². The predicted molar refractivity (Wildman–Crippen MR) is 66.5 cm³/mol. The van der Waals surface area contributed by atoms with Crippen LogP contribution in [-0.4, -0.2) is 19.0 Å². The van der Waals surface area contributed by atoms with Crippen molar-refractivity contribution in [2.75, 3.05) is 13.1 Å². The van der Waals surface area contributed by atoms with Gasteiger partial charge < -0.3 is 10.6 Å². The molecule has 0 aliphatic carbocycles. The van der Waals surface area contributed by atoms with Crippen molar-refractivity contribution in [3.05, 3.63) is 35.6 Å². The van der Waals surface area contributed by atoms with E-state index in [0.29, 0.717) is 5.56 Å². The predicted octanol–water partition coefficient (Wildman–Crippen LogP) is 1.47. The minimum Gasteiger partial charge on any atom is -0.352 e. The molecular formula is C12H16ClFN2O. The summed E-state index contributed by atoms with van der Waals surface area (Å²) in [7, 11) is 0. The first-order valence-corrected chi connectivity index (χ1v) is 5.49. The molecule has 17 heavy (non-hydrogen) atoms. The number of hydrogen-bond donors (Lipinski definition) is 2. The average molecular weight is 259 g/mol. The van der Waals surface area contributed by atoms with Crippen LogP contribution in [0, 0.1) is 11.7 Å². The Morgan fingerprint density at radius 1 is 1.47 bits per heavy atom. The van der Waals surface area contributed by atoms with Crippen LogP contribution in [0.1, 0.15) is 12.0 Å². The second kappa shape index (κ2) is 6.57. The number of amides is 1. The minimum atomic E-state index is -0.271. The van der Waals surface area contributed by atoms with Crippen molar-refractivity contribution in [1.29, 1.82) is 0 Å². The lowest BCUT2D eigenvalue weighted by Crippen LogP contribution is -2.31. The second-order valence-corrected chi connectivity index (χ2v) is 4.00. The Hall–Kier alpha value is -1.13. The molecule has 1 aliphatic heterocycles. The van der Waals surface area contributed by atoms with Crippen LogP contribution in [0.3, 0.4) is 0 Å². The van der Waals surface area contributed by atoms with E-state index in [-0.39, 0.29) is 36.6 Å². The van der Waals surface area contributed by atoms with Gasteiger partial charge in [0.2, 0.25) is 5.91 Å². The number of carbonyl (C=O) groups excluding carboxylic acids is 1. The van der Waals surface area contributed by atoms with Crippen LogP contribution in [-0.2, 0) is 11.3 Å². The molecule has 94 valence electrons. The van der Waals surface area contributed by atoms with Crippen LogP contribution in [0.4, 0.5) is 4.39 Å². The van der Waals surface area contributed by atoms with E-state index in [0.717, 1.165) is 19.5 Å². The molecule has 3 nitrogen and oxygen atoms in total. The van der Waals surface area contributed by atoms with Crippen molar-refractivity contribution in [1.82, 2.24) is 10.6 Å². The summed E-state index contributed by atoms with van der Waals surface area (Å²) in [6, 6.07) is 6.49. The van der Waals surface area contributed by atoms with Crippen molar-refractivity contribution >= 4 is 18.3 Å². The molecule has 2 N–H and O–H groups in total. The van der Waals surface area contributed by atoms with E-state index in [4.69, 9.17) is 0 Å². The number of rotatable bonds is 3. The van der Waals surface area contributed by atoms with Crippen LogP contribution < -0.4 is 10.6 Å². The van der Waals surface area contributed by atoms with Gasteiger partial charge in [0.1, 0.15) is 5.82 Å². The Kier molecular flexibility index (Phi) is 5.38. The van der Waals surface area contributed by atoms with E-state index < -0.39 is 0 Å². The summed E-state index contributed by atoms with van der Waals surface area (Å²) in [5.74, 6) is -0.229. The van der Waals surface area contributed by atoms with Gasteiger partial charge in [-0.1, -0.05) is 18.2 Å². The quantitative estimate of drug-likeness (QED) is 0.862. The lowest BCUT2D eigenvalue weighted by molar-refractivity contribution is -0.124. The Morgan fingerprint density at radius 3 is 2.88 bits per heavy atom. The molecule has 1 aromatic carbocycles. The average Bonchev–Trinajstić information content (AvgIpc) is 2.81. The van der Waals surface area contributed by atoms with Crippen LogP contribution in [0.2, 0.25) is 0 Å². The standard InChI is InChI=1S/C12H15FN2O.ClH/c13-11-4-2-1-3-9(11)8-15-12(16)10-5-6-14-7-10;/h1-4,10,14H,5-8H2,(H,15,16);1H. The van der Waals surface area contributed by atoms with Crippen molar-refractivity contribution < 1.29 is 9.18 Å². The summed E-state index contributed by atoms with van der Waals surface area (Å²) in [6.07, 6.45) is 0.864. The van der Waals surface area contributed by atoms with Crippen molar-refractivity contribution in [2.24, 2.45) is 5.92 Å². The smallest absolute Gasteiger partial charge is 0.224 e. The zero-order valence-electron chi connectivity index (χ0n) is 9.41. The molecule has 0 spiro atoms. The van der Waals surface area contributed by atoms with Gasteiger partial charge in [0.25, 0.3) is 0 Å². The maximum Gasteiger partial charge on any atom is 0.224 e. The summed E-state index contributed by atoms with van der Waals surface area (Å²) in [4.78, 5) is 11.7. The first-order chi connectivity index (χ1) is 7.77. The highest BCUT2D eigenvalue weighted by Crippen LogP contribution is 2.09. The van der Waals surface area contributed by atoms with Gasteiger partial charge in [0.15, 0.2) is 0 Å². The van der Waals surface area contributed by atoms with Crippen LogP contribution in [0.15, 0.2) is 24.3 Å². The fourth-order valence-corrected chi connectivity index (χ4v) is 1.85. The van der Waals surface area contributed by atoms with Crippen molar-refractivity contribution in [2.45, 2.75) is 13.0 Å². The van der Waals surface area contributed by atoms with E-state index in [2.05, 4.69) is 10.6 Å². The van der Waals surface area contributed by atoms with Gasteiger partial charge in [-0.2, -0.15) is 0 Å². The number of nitrogens with one attached hydrogen (secondary N) is 2. The van der Waals surface area contributed by atoms with E-state index in [1.54, 1.807) is 18.2 Å². The first kappa shape index (κ1) is 13.9. The topological polar surface area (TPSA) is 41.1 Å². The zero-order valence-corrected chi connectivity index (χ0v) is 10.2. The molecule has 1 amide bonds. The fraction of sp³-hybridized carbons (Fsp3) is 0.417. The van der Waals surface area contributed by atoms with Crippen molar-refractivity contribution in [3.8, 4) is 0 Å². The molecule has 1 atom stereocenters. The number of benzene rings is 1. The summed E-state index contributed by atoms with van der Waals surface area (Å²) in [5.41, 5.74) is 0.529. The largest absolute Gasteiger partial charge is 0.352 e. The molecular weight excluding hydrogens is 243 g/mol. The molecule has 2 rings (SSSR count). The summed E-state index contributed by atoms with van der Waals surface area (Å²) in [6.45, 7) is 1.88. The molecule has 0 aromatic heterocycles. The highest BCUT2D eigenvalue weighted by Gasteiger charge is 2.21. The first-order valence-electron chi connectivity index (χ1n) is 5.49. The molecule has 1 heterocycles. The number of carbonyl (C=O) groups is 1. The third-order valence-electron chi connectivity index (χ3n) is 2.84. The number of hydrogen-bond acceptors (Lipinski definition) is 2. The van der Waals surface area contributed by atoms with Crippen LogP contribution >= 0.6 is 12.4 Å². The van der Waals surface area contributed by atoms with Crippen LogP contribution in [0.25, 0.3) is 0 Å². The third-order valence-corrected chi connectivity index (χ3v) is 2.84. The Balaban J connectivity index is 0.00000144. The highest BCUT2D eigenvalue weighted by atomic mass is 35.5. The van der Waals surface area contributed by atoms with Gasteiger partial charge in [-0.15, -0.1) is 12.4 Å². The van der Waals surface area contributed by atoms with Gasteiger partial charge in [0, 0.05) is 18.7 Å². The zero-order chi connectivity index (χ0) is 11.4. The molecule has 0 radical (unpaired) electrons. The van der Waals surface area contributed by atoms with E-state index in [9.17, 15) is 9.18 Å². The maximum absolute atomic E-state index is 13.3. The fourth-order valence-electron chi connectivity index (χ4n) is 1.85. The molecule has 1 unspecified atom stereocenters. The van der Waals surface area contributed by atoms with Gasteiger partial charge in [-0.25, -0.2) is 4.39 Å². The van der Waals surface area contributed by atoms with E-state index >= 15 is 0 Å². The lowest BCUT2D eigenvalue weighted by atomic mass is 10.1. The van der Waals surface area contributed by atoms with E-state index in [1.165, 1.54) is 6.07 Å². The van der Waals surface area contributed by atoms with Gasteiger partial charge in [0.05, 0.1) is 5.92 Å². The normalized spacial score (nSPS) is 18.5. The van der Waals surface area contributed by atoms with Crippen LogP contribution in [0.5, 0.6) is 0 Å². The molecule has 1 saturated heterocycles. The molecule has 1 aliphatic rings.